The summed E-state index contributed by atoms with van der Waals surface area (Å²) in [7, 11) is -10.0. The summed E-state index contributed by atoms with van der Waals surface area (Å²) in [6.45, 7) is 0. The van der Waals surface area contributed by atoms with E-state index < -0.39 is 15.6 Å². The zero-order valence-corrected chi connectivity index (χ0v) is 24.5. The molecule has 0 saturated carbocycles. The second kappa shape index (κ2) is 30.3. The standard InChI is InChI=1S/2ClH.K.4Na.2H3O4P/c;;;;;;;2*1-5(2,3)4/h2*1H;;;;;;2*(H3,1,2,3,4)/q;;5*+1;;/p-5. The van der Waals surface area contributed by atoms with Gasteiger partial charge >= 0.3 is 170 Å². The third-order valence-electron chi connectivity index (χ3n) is 0. The van der Waals surface area contributed by atoms with Crippen molar-refractivity contribution >= 4 is 15.6 Å². The van der Waals surface area contributed by atoms with E-state index in [1.807, 2.05) is 0 Å². The van der Waals surface area contributed by atoms with Gasteiger partial charge in [0.2, 0.25) is 0 Å². The van der Waals surface area contributed by atoms with Crippen LogP contribution in [0.25, 0.3) is 0 Å². The van der Waals surface area contributed by atoms with Gasteiger partial charge in [0.25, 0.3) is 7.82 Å². The molecule has 0 atom stereocenters. The fourth-order valence-electron chi connectivity index (χ4n) is 0. The molecule has 17 heavy (non-hydrogen) atoms. The van der Waals surface area contributed by atoms with Crippen molar-refractivity contribution in [3.8, 4) is 0 Å². The minimum atomic E-state index is -5.14. The molecule has 0 aromatic rings. The van der Waals surface area contributed by atoms with Crippen LogP contribution in [0.1, 0.15) is 0 Å². The molecule has 8 nitrogen and oxygen atoms in total. The van der Waals surface area contributed by atoms with E-state index in [9.17, 15) is 0 Å². The third kappa shape index (κ3) is 226. The molecule has 80 valence electrons. The molecule has 0 aliphatic heterocycles. The number of hydrogen-bond acceptors (Lipinski definition) is 5. The van der Waals surface area contributed by atoms with Gasteiger partial charge in [-0.05, 0) is 0 Å². The molecule has 0 saturated heterocycles. The largest absolute Gasteiger partial charge is 1.00 e. The molecule has 0 aromatic heterocycles. The first-order chi connectivity index (χ1) is 4.00. The van der Waals surface area contributed by atoms with Crippen LogP contribution in [-0.4, -0.2) is 14.7 Å². The second-order valence-corrected chi connectivity index (χ2v) is 2.88. The Kier molecular flexibility index (Phi) is 101. The van der Waals surface area contributed by atoms with Crippen molar-refractivity contribution in [3.63, 3.8) is 0 Å². The van der Waals surface area contributed by atoms with Crippen LogP contribution < -0.4 is 209 Å². The predicted octanol–water partition coefficient (Wildman–Crippen LogP) is -24.7. The van der Waals surface area contributed by atoms with Crippen LogP contribution in [0.3, 0.4) is 0 Å². The summed E-state index contributed by atoms with van der Waals surface area (Å²) >= 11 is 0. The molecule has 0 aromatic carbocycles. The normalized spacial score (nSPS) is 6.94. The molecule has 0 rings (SSSR count). The Balaban J connectivity index is -0.00000000762. The molecule has 0 aliphatic carbocycles. The Bertz CT molecular complexity index is 146. The van der Waals surface area contributed by atoms with E-state index in [4.69, 9.17) is 38.5 Å². The Hall–Kier alpha value is 6.44. The first kappa shape index (κ1) is 56.6. The summed E-state index contributed by atoms with van der Waals surface area (Å²) in [5, 5.41) is 0. The summed E-state index contributed by atoms with van der Waals surface area (Å²) in [5.41, 5.74) is 0. The summed E-state index contributed by atoms with van der Waals surface area (Å²) in [6, 6.07) is 0. The van der Waals surface area contributed by atoms with Crippen molar-refractivity contribution in [1.82, 2.24) is 0 Å². The first-order valence-corrected chi connectivity index (χ1v) is 4.54. The van der Waals surface area contributed by atoms with E-state index in [0.29, 0.717) is 0 Å². The summed E-state index contributed by atoms with van der Waals surface area (Å²) in [4.78, 5) is 47.2. The molecule has 0 radical (unpaired) electrons. The molecule has 3 N–H and O–H groups in total. The van der Waals surface area contributed by atoms with Crippen molar-refractivity contribution in [2.45, 2.75) is 0 Å². The molecular weight excluding hydrogens is 392 g/mol. The third-order valence-corrected chi connectivity index (χ3v) is 0. The van der Waals surface area contributed by atoms with Crippen LogP contribution >= 0.6 is 15.6 Å². The first-order valence-electron chi connectivity index (χ1n) is 1.51. The summed E-state index contributed by atoms with van der Waals surface area (Å²) < 4.78 is 17.4. The van der Waals surface area contributed by atoms with Gasteiger partial charge in [0.1, 0.15) is 0 Å². The molecule has 0 fully saturated rings. The molecule has 0 aliphatic rings. The quantitative estimate of drug-likeness (QED) is 0.269. The van der Waals surface area contributed by atoms with Crippen molar-refractivity contribution < 1.29 is 233 Å². The van der Waals surface area contributed by atoms with Gasteiger partial charge < -0.3 is 58.7 Å². The molecule has 0 spiro atoms. The number of halogens is 2. The van der Waals surface area contributed by atoms with Crippen LogP contribution in [0.5, 0.6) is 0 Å². The monoisotopic (exact) mass is 394 g/mol. The molecule has 0 bridgehead atoms. The average molecular weight is 395 g/mol. The Morgan fingerprint density at radius 3 is 0.706 bits per heavy atom. The van der Waals surface area contributed by atoms with Crippen molar-refractivity contribution in [3.05, 3.63) is 0 Å². The maximum Gasteiger partial charge on any atom is 1.00 e. The topological polar surface area (TPSA) is 164 Å². The minimum Gasteiger partial charge on any atom is -1.00 e. The fraction of sp³-hybridized carbons (Fsp3) is 0. The van der Waals surface area contributed by atoms with Crippen LogP contribution in [0.4, 0.5) is 0 Å². The summed E-state index contributed by atoms with van der Waals surface area (Å²) in [5.74, 6) is 0. The summed E-state index contributed by atoms with van der Waals surface area (Å²) in [6.07, 6.45) is 0. The molecule has 0 unspecified atom stereocenters. The second-order valence-electron chi connectivity index (χ2n) is 0.959. The van der Waals surface area contributed by atoms with Crippen LogP contribution in [0, 0.1) is 0 Å². The molecule has 17 heteroatoms. The van der Waals surface area contributed by atoms with Gasteiger partial charge in [-0.2, -0.15) is 0 Å². The Morgan fingerprint density at radius 2 is 0.706 bits per heavy atom. The van der Waals surface area contributed by atoms with E-state index in [1.54, 1.807) is 0 Å². The van der Waals surface area contributed by atoms with Crippen LogP contribution in [-0.2, 0) is 9.13 Å². The number of hydrogen-bond donors (Lipinski definition) is 3. The number of phosphoric acid groups is 2. The molecule has 0 heterocycles. The maximum atomic E-state index is 8.77. The van der Waals surface area contributed by atoms with E-state index >= 15 is 0 Å². The smallest absolute Gasteiger partial charge is 1.00 e. The van der Waals surface area contributed by atoms with Crippen molar-refractivity contribution in [1.29, 1.82) is 0 Å². The zero-order valence-electron chi connectivity index (χ0n) is 10.0. The fourth-order valence-corrected chi connectivity index (χ4v) is 0. The van der Waals surface area contributed by atoms with Crippen molar-refractivity contribution in [2.75, 3.05) is 0 Å². The molecular formula is H3Cl2KNa4O8P2. The van der Waals surface area contributed by atoms with E-state index in [1.165, 1.54) is 0 Å². The van der Waals surface area contributed by atoms with Gasteiger partial charge in [-0.25, -0.2) is 0 Å². The van der Waals surface area contributed by atoms with Gasteiger partial charge in [0.15, 0.2) is 0 Å². The van der Waals surface area contributed by atoms with Crippen LogP contribution in [0.2, 0.25) is 0 Å². The average Bonchev–Trinajstić information content (AvgIpc) is 1.12. The zero-order chi connectivity index (χ0) is 9.00. The van der Waals surface area contributed by atoms with Gasteiger partial charge in [-0.1, -0.05) is 0 Å². The number of rotatable bonds is 0. The van der Waals surface area contributed by atoms with Gasteiger partial charge in [0.05, 0.1) is 7.82 Å². The van der Waals surface area contributed by atoms with Gasteiger partial charge in [-0.15, -0.1) is 0 Å². The van der Waals surface area contributed by atoms with Crippen LogP contribution in [0.15, 0.2) is 0 Å². The van der Waals surface area contributed by atoms with E-state index in [-0.39, 0.29) is 194 Å². The Morgan fingerprint density at radius 1 is 0.706 bits per heavy atom. The Labute approximate surface area is 242 Å². The van der Waals surface area contributed by atoms with Gasteiger partial charge in [0, 0.05) is 0 Å². The maximum absolute atomic E-state index is 8.77. The van der Waals surface area contributed by atoms with E-state index in [2.05, 4.69) is 0 Å². The minimum absolute atomic E-state index is 0. The molecule has 0 amide bonds. The predicted molar refractivity (Wildman–Crippen MR) is 21.9 cm³/mol. The SMILES string of the molecule is O=P([O-])(O)O.O=P([O-])([O-])O.[Cl-].[Cl-].[K+].[Na+].[Na+].[Na+].[Na+]. The van der Waals surface area contributed by atoms with E-state index in [0.717, 1.165) is 0 Å². The van der Waals surface area contributed by atoms with Crippen molar-refractivity contribution in [2.24, 2.45) is 0 Å². The van der Waals surface area contributed by atoms with Gasteiger partial charge in [-0.3, -0.25) is 4.57 Å².